The minimum absolute atomic E-state index is 0.0996. The highest BCUT2D eigenvalue weighted by molar-refractivity contribution is 6.30. The summed E-state index contributed by atoms with van der Waals surface area (Å²) >= 11 is 6.02. The zero-order valence-corrected chi connectivity index (χ0v) is 12.8. The van der Waals surface area contributed by atoms with Crippen molar-refractivity contribution in [3.05, 3.63) is 70.7 Å². The number of rotatable bonds is 4. The van der Waals surface area contributed by atoms with Gasteiger partial charge in [-0.25, -0.2) is 4.98 Å². The Morgan fingerprint density at radius 1 is 1.36 bits per heavy atom. The van der Waals surface area contributed by atoms with Gasteiger partial charge in [-0.1, -0.05) is 29.8 Å². The van der Waals surface area contributed by atoms with Gasteiger partial charge >= 0.3 is 0 Å². The van der Waals surface area contributed by atoms with Gasteiger partial charge in [0.15, 0.2) is 0 Å². The van der Waals surface area contributed by atoms with Crippen molar-refractivity contribution in [2.45, 2.75) is 12.6 Å². The Morgan fingerprint density at radius 2 is 2.23 bits per heavy atom. The number of nitrogens with two attached hydrogens (primary N) is 1. The van der Waals surface area contributed by atoms with Crippen molar-refractivity contribution in [2.75, 3.05) is 7.11 Å². The molecule has 1 aromatic carbocycles. The molecule has 1 aliphatic heterocycles. The van der Waals surface area contributed by atoms with Crippen LogP contribution in [-0.2, 0) is 11.4 Å². The van der Waals surface area contributed by atoms with Crippen molar-refractivity contribution in [3.8, 4) is 5.88 Å². The molecule has 22 heavy (non-hydrogen) atoms. The fraction of sp³-hybridized carbons (Fsp3) is 0.188. The molecule has 0 saturated carbocycles. The summed E-state index contributed by atoms with van der Waals surface area (Å²) in [6, 6.07) is 11.3. The van der Waals surface area contributed by atoms with Crippen LogP contribution in [0, 0.1) is 0 Å². The summed E-state index contributed by atoms with van der Waals surface area (Å²) in [5.74, 6) is 0.948. The van der Waals surface area contributed by atoms with Crippen LogP contribution in [0.5, 0.6) is 5.88 Å². The number of halogens is 1. The number of nitrogens with zero attached hydrogens (tertiary/aromatic N) is 2. The smallest absolute Gasteiger partial charge is 0.212 e. The number of hydrogen-bond acceptors (Lipinski definition) is 5. The van der Waals surface area contributed by atoms with Crippen molar-refractivity contribution in [1.82, 2.24) is 10.0 Å². The summed E-state index contributed by atoms with van der Waals surface area (Å²) in [6.45, 7) is 0.564. The third kappa shape index (κ3) is 3.16. The number of aromatic nitrogens is 1. The van der Waals surface area contributed by atoms with Crippen LogP contribution < -0.4 is 10.5 Å². The Morgan fingerprint density at radius 3 is 2.91 bits per heavy atom. The van der Waals surface area contributed by atoms with Gasteiger partial charge in [-0.2, -0.15) is 0 Å². The highest BCUT2D eigenvalue weighted by atomic mass is 35.5. The van der Waals surface area contributed by atoms with E-state index in [1.54, 1.807) is 18.4 Å². The summed E-state index contributed by atoms with van der Waals surface area (Å²) < 4.78 is 5.08. The summed E-state index contributed by atoms with van der Waals surface area (Å²) in [4.78, 5) is 9.83. The fourth-order valence-electron chi connectivity index (χ4n) is 2.36. The molecule has 6 heteroatoms. The molecule has 2 heterocycles. The molecule has 1 unspecified atom stereocenters. The van der Waals surface area contributed by atoms with Crippen LogP contribution in [0.25, 0.3) is 0 Å². The molecule has 1 aliphatic rings. The second-order valence-electron chi connectivity index (χ2n) is 4.94. The Labute approximate surface area is 133 Å². The normalized spacial score (nSPS) is 17.9. The van der Waals surface area contributed by atoms with E-state index in [0.29, 0.717) is 23.3 Å². The molecule has 2 N–H and O–H groups in total. The monoisotopic (exact) mass is 317 g/mol. The first kappa shape index (κ1) is 14.7. The maximum absolute atomic E-state index is 6.02. The Hall–Kier alpha value is -2.24. The standard InChI is InChI=1S/C16H16ClN3O2/c1-21-16-6-5-12(9-19-16)14-8-15(18)22-20(14)10-11-3-2-4-13(17)7-11/h2-9,14H,10,18H2,1H3. The maximum Gasteiger partial charge on any atom is 0.212 e. The third-order valence-corrected chi connectivity index (χ3v) is 3.63. The summed E-state index contributed by atoms with van der Waals surface area (Å²) in [7, 11) is 1.59. The fourth-order valence-corrected chi connectivity index (χ4v) is 2.57. The van der Waals surface area contributed by atoms with Crippen molar-refractivity contribution < 1.29 is 9.57 Å². The number of hydroxylamine groups is 2. The molecule has 5 nitrogen and oxygen atoms in total. The molecule has 0 bridgehead atoms. The number of hydrogen-bond donors (Lipinski definition) is 1. The van der Waals surface area contributed by atoms with Crippen molar-refractivity contribution in [3.63, 3.8) is 0 Å². The lowest BCUT2D eigenvalue weighted by atomic mass is 10.1. The molecule has 114 valence electrons. The first-order chi connectivity index (χ1) is 10.7. The van der Waals surface area contributed by atoms with Crippen molar-refractivity contribution in [1.29, 1.82) is 0 Å². The minimum Gasteiger partial charge on any atom is -0.481 e. The van der Waals surface area contributed by atoms with Crippen LogP contribution in [0.4, 0.5) is 0 Å². The average molecular weight is 318 g/mol. The molecule has 0 spiro atoms. The Balaban J connectivity index is 1.81. The van der Waals surface area contributed by atoms with E-state index in [4.69, 9.17) is 26.9 Å². The molecule has 0 fully saturated rings. The van der Waals surface area contributed by atoms with Crippen LogP contribution in [-0.4, -0.2) is 17.2 Å². The van der Waals surface area contributed by atoms with Crippen LogP contribution in [0.15, 0.2) is 54.6 Å². The topological polar surface area (TPSA) is 60.6 Å². The van der Waals surface area contributed by atoms with E-state index in [9.17, 15) is 0 Å². The summed E-state index contributed by atoms with van der Waals surface area (Å²) in [5.41, 5.74) is 7.84. The van der Waals surface area contributed by atoms with E-state index in [2.05, 4.69) is 4.98 Å². The van der Waals surface area contributed by atoms with E-state index < -0.39 is 0 Å². The van der Waals surface area contributed by atoms with Crippen LogP contribution >= 0.6 is 11.6 Å². The minimum atomic E-state index is -0.0996. The average Bonchev–Trinajstić information content (AvgIpc) is 2.88. The van der Waals surface area contributed by atoms with E-state index in [0.717, 1.165) is 11.1 Å². The highest BCUT2D eigenvalue weighted by Gasteiger charge is 2.27. The number of benzene rings is 1. The molecule has 0 saturated heterocycles. The maximum atomic E-state index is 6.02. The van der Waals surface area contributed by atoms with Crippen molar-refractivity contribution in [2.24, 2.45) is 5.73 Å². The van der Waals surface area contributed by atoms with Crippen LogP contribution in [0.1, 0.15) is 17.2 Å². The Bertz CT molecular complexity index is 688. The van der Waals surface area contributed by atoms with E-state index in [-0.39, 0.29) is 6.04 Å². The predicted octanol–water partition coefficient (Wildman–Crippen LogP) is 3.03. The van der Waals surface area contributed by atoms with Gasteiger partial charge in [0.2, 0.25) is 11.8 Å². The van der Waals surface area contributed by atoms with E-state index >= 15 is 0 Å². The first-order valence-electron chi connectivity index (χ1n) is 6.82. The van der Waals surface area contributed by atoms with Gasteiger partial charge in [-0.05, 0) is 23.3 Å². The molecule has 3 rings (SSSR count). The number of methoxy groups -OCH3 is 1. The van der Waals surface area contributed by atoms with Crippen molar-refractivity contribution >= 4 is 11.6 Å². The first-order valence-corrected chi connectivity index (χ1v) is 7.20. The van der Waals surface area contributed by atoms with Gasteiger partial charge in [0.05, 0.1) is 19.7 Å². The molecule has 0 aliphatic carbocycles. The zero-order valence-electron chi connectivity index (χ0n) is 12.1. The number of ether oxygens (including phenoxy) is 1. The van der Waals surface area contributed by atoms with E-state index in [1.165, 1.54) is 0 Å². The van der Waals surface area contributed by atoms with Gasteiger partial charge < -0.3 is 15.3 Å². The van der Waals surface area contributed by atoms with Crippen LogP contribution in [0.2, 0.25) is 5.02 Å². The molecule has 0 amide bonds. The van der Waals surface area contributed by atoms with E-state index in [1.807, 2.05) is 42.5 Å². The van der Waals surface area contributed by atoms with Gasteiger partial charge in [0.1, 0.15) is 0 Å². The molecule has 1 aromatic heterocycles. The molecule has 1 atom stereocenters. The SMILES string of the molecule is COc1ccc(C2C=C(N)ON2Cc2cccc(Cl)c2)cn1. The third-order valence-electron chi connectivity index (χ3n) is 3.39. The largest absolute Gasteiger partial charge is 0.481 e. The van der Waals surface area contributed by atoms with Gasteiger partial charge in [0, 0.05) is 23.4 Å². The lowest BCUT2D eigenvalue weighted by Gasteiger charge is -2.22. The molecular formula is C16H16ClN3O2. The van der Waals surface area contributed by atoms with Gasteiger partial charge in [0.25, 0.3) is 0 Å². The number of pyridine rings is 1. The molecule has 0 radical (unpaired) electrons. The quantitative estimate of drug-likeness (QED) is 0.939. The highest BCUT2D eigenvalue weighted by Crippen LogP contribution is 2.31. The summed E-state index contributed by atoms with van der Waals surface area (Å²) in [5, 5.41) is 2.49. The van der Waals surface area contributed by atoms with Crippen LogP contribution in [0.3, 0.4) is 0 Å². The lowest BCUT2D eigenvalue weighted by molar-refractivity contribution is -0.127. The van der Waals surface area contributed by atoms with Gasteiger partial charge in [-0.15, -0.1) is 5.06 Å². The zero-order chi connectivity index (χ0) is 15.5. The van der Waals surface area contributed by atoms with Gasteiger partial charge in [-0.3, -0.25) is 0 Å². The Kier molecular flexibility index (Phi) is 4.18. The lowest BCUT2D eigenvalue weighted by Crippen LogP contribution is -2.23. The molecule has 2 aromatic rings. The molecular weight excluding hydrogens is 302 g/mol. The summed E-state index contributed by atoms with van der Waals surface area (Å²) in [6.07, 6.45) is 3.61. The second kappa shape index (κ2) is 6.25. The predicted molar refractivity (Wildman–Crippen MR) is 83.9 cm³/mol. The second-order valence-corrected chi connectivity index (χ2v) is 5.38.